The molecule has 2 N–H and O–H groups in total. The molecule has 1 aliphatic heterocycles. The number of hydrogen-bond donors (Lipinski definition) is 2. The van der Waals surface area contributed by atoms with Gasteiger partial charge >= 0.3 is 0 Å². The monoisotopic (exact) mass is 350 g/mol. The maximum atomic E-state index is 12.3. The number of para-hydroxylation sites is 1. The van der Waals surface area contributed by atoms with Gasteiger partial charge in [0.25, 0.3) is 11.8 Å². The fourth-order valence-electron chi connectivity index (χ4n) is 2.43. The zero-order chi connectivity index (χ0) is 18.5. The Morgan fingerprint density at radius 3 is 2.38 bits per heavy atom. The van der Waals surface area contributed by atoms with Crippen molar-refractivity contribution in [3.05, 3.63) is 60.2 Å². The third-order valence-electron chi connectivity index (χ3n) is 3.79. The molecule has 2 aromatic carbocycles. The van der Waals surface area contributed by atoms with Crippen LogP contribution in [0.25, 0.3) is 0 Å². The second-order valence-electron chi connectivity index (χ2n) is 5.70. The van der Waals surface area contributed by atoms with E-state index < -0.39 is 0 Å². The highest BCUT2D eigenvalue weighted by atomic mass is 16.2. The third-order valence-corrected chi connectivity index (χ3v) is 3.79. The van der Waals surface area contributed by atoms with Crippen molar-refractivity contribution in [1.29, 1.82) is 0 Å². The smallest absolute Gasteiger partial charge is 0.256 e. The molecule has 1 aliphatic rings. The lowest BCUT2D eigenvalue weighted by Gasteiger charge is -2.10. The van der Waals surface area contributed by atoms with Crippen LogP contribution in [0.1, 0.15) is 30.1 Å². The Hall–Kier alpha value is -3.48. The van der Waals surface area contributed by atoms with Crippen molar-refractivity contribution in [3.63, 3.8) is 0 Å². The number of amides is 3. The van der Waals surface area contributed by atoms with Crippen LogP contribution in [0, 0.1) is 0 Å². The first-order valence-electron chi connectivity index (χ1n) is 8.23. The van der Waals surface area contributed by atoms with Crippen molar-refractivity contribution >= 4 is 34.9 Å². The van der Waals surface area contributed by atoms with E-state index in [1.807, 2.05) is 18.2 Å². The van der Waals surface area contributed by atoms with E-state index in [-0.39, 0.29) is 24.1 Å². The Balaban J connectivity index is 1.66. The average Bonchev–Trinajstić information content (AvgIpc) is 3.03. The number of hydrazone groups is 1. The van der Waals surface area contributed by atoms with Gasteiger partial charge in [-0.25, -0.2) is 0 Å². The lowest BCUT2D eigenvalue weighted by molar-refractivity contribution is -0.117. The molecule has 132 valence electrons. The van der Waals surface area contributed by atoms with E-state index in [2.05, 4.69) is 15.7 Å². The van der Waals surface area contributed by atoms with Crippen LogP contribution in [0.5, 0.6) is 0 Å². The molecule has 0 atom stereocenters. The maximum Gasteiger partial charge on any atom is 0.256 e. The van der Waals surface area contributed by atoms with Gasteiger partial charge in [-0.05, 0) is 36.4 Å². The minimum Gasteiger partial charge on any atom is -0.326 e. The Bertz CT molecular complexity index is 860. The minimum atomic E-state index is -0.361. The predicted molar refractivity (Wildman–Crippen MR) is 98.8 cm³/mol. The fourth-order valence-corrected chi connectivity index (χ4v) is 2.43. The van der Waals surface area contributed by atoms with Crippen molar-refractivity contribution in [3.8, 4) is 0 Å². The highest BCUT2D eigenvalue weighted by Gasteiger charge is 2.26. The lowest BCUT2D eigenvalue weighted by Crippen LogP contribution is -2.29. The standard InChI is InChI=1S/C19H18N4O3/c1-2-17(24)20-14-10-8-13(9-11-14)19(26)21-16-12-18(25)23(22-16)15-6-4-3-5-7-15/h3-11H,2,12H2,1H3,(H,20,24)(H,21,22,26). The molecule has 1 heterocycles. The van der Waals surface area contributed by atoms with Crippen molar-refractivity contribution in [2.75, 3.05) is 10.3 Å². The summed E-state index contributed by atoms with van der Waals surface area (Å²) in [4.78, 5) is 35.8. The van der Waals surface area contributed by atoms with E-state index in [1.54, 1.807) is 43.3 Å². The fraction of sp³-hybridized carbons (Fsp3) is 0.158. The molecule has 2 aromatic rings. The lowest BCUT2D eigenvalue weighted by atomic mass is 10.2. The van der Waals surface area contributed by atoms with Crippen LogP contribution in [-0.4, -0.2) is 23.6 Å². The molecule has 0 fully saturated rings. The van der Waals surface area contributed by atoms with Crippen molar-refractivity contribution in [2.45, 2.75) is 19.8 Å². The molecule has 0 spiro atoms. The Morgan fingerprint density at radius 2 is 1.73 bits per heavy atom. The average molecular weight is 350 g/mol. The van der Waals surface area contributed by atoms with Crippen LogP contribution < -0.4 is 15.6 Å². The van der Waals surface area contributed by atoms with Crippen LogP contribution in [-0.2, 0) is 9.59 Å². The summed E-state index contributed by atoms with van der Waals surface area (Å²) in [5, 5.41) is 10.8. The zero-order valence-electron chi connectivity index (χ0n) is 14.2. The molecular weight excluding hydrogens is 332 g/mol. The summed E-state index contributed by atoms with van der Waals surface area (Å²) in [5.74, 6) is -0.363. The third kappa shape index (κ3) is 3.94. The first-order chi connectivity index (χ1) is 12.6. The molecular formula is C19H18N4O3. The molecule has 0 radical (unpaired) electrons. The van der Waals surface area contributed by atoms with E-state index >= 15 is 0 Å². The number of rotatable bonds is 4. The Labute approximate surface area is 150 Å². The molecule has 7 heteroatoms. The molecule has 7 nitrogen and oxygen atoms in total. The normalized spacial score (nSPS) is 13.3. The molecule has 3 amide bonds. The number of carbonyl (C=O) groups excluding carboxylic acids is 3. The van der Waals surface area contributed by atoms with Gasteiger partial charge in [0.15, 0.2) is 0 Å². The number of nitrogens with zero attached hydrogens (tertiary/aromatic N) is 2. The van der Waals surface area contributed by atoms with E-state index in [0.717, 1.165) is 0 Å². The van der Waals surface area contributed by atoms with Gasteiger partial charge in [0, 0.05) is 17.7 Å². The van der Waals surface area contributed by atoms with Gasteiger partial charge in [0.1, 0.15) is 5.84 Å². The Morgan fingerprint density at radius 1 is 1.04 bits per heavy atom. The number of nitrogens with one attached hydrogen (secondary N) is 2. The molecule has 26 heavy (non-hydrogen) atoms. The van der Waals surface area contributed by atoms with Crippen molar-refractivity contribution in [2.24, 2.45) is 5.10 Å². The first-order valence-corrected chi connectivity index (χ1v) is 8.23. The largest absolute Gasteiger partial charge is 0.326 e. The number of benzene rings is 2. The van der Waals surface area contributed by atoms with Gasteiger partial charge < -0.3 is 10.6 Å². The summed E-state index contributed by atoms with van der Waals surface area (Å²) in [6, 6.07) is 15.5. The molecule has 3 rings (SSSR count). The second-order valence-corrected chi connectivity index (χ2v) is 5.70. The molecule has 0 bridgehead atoms. The van der Waals surface area contributed by atoms with Crippen LogP contribution in [0.4, 0.5) is 11.4 Å². The van der Waals surface area contributed by atoms with Crippen LogP contribution >= 0.6 is 0 Å². The van der Waals surface area contributed by atoms with Gasteiger partial charge in [-0.15, -0.1) is 0 Å². The van der Waals surface area contributed by atoms with Crippen molar-refractivity contribution in [1.82, 2.24) is 5.32 Å². The summed E-state index contributed by atoms with van der Waals surface area (Å²) in [7, 11) is 0. The van der Waals surface area contributed by atoms with Gasteiger partial charge in [-0.2, -0.15) is 10.1 Å². The number of hydrogen-bond acceptors (Lipinski definition) is 4. The van der Waals surface area contributed by atoms with E-state index in [9.17, 15) is 14.4 Å². The highest BCUT2D eigenvalue weighted by Crippen LogP contribution is 2.19. The quantitative estimate of drug-likeness (QED) is 0.888. The molecule has 0 unspecified atom stereocenters. The van der Waals surface area contributed by atoms with E-state index in [0.29, 0.717) is 29.2 Å². The van der Waals surface area contributed by atoms with Gasteiger partial charge in [-0.1, -0.05) is 25.1 Å². The Kier molecular flexibility index (Phi) is 5.07. The van der Waals surface area contributed by atoms with Crippen molar-refractivity contribution < 1.29 is 14.4 Å². The summed E-state index contributed by atoms with van der Waals surface area (Å²) < 4.78 is 0. The molecule has 0 aromatic heterocycles. The van der Waals surface area contributed by atoms with Gasteiger partial charge in [-0.3, -0.25) is 14.4 Å². The topological polar surface area (TPSA) is 90.9 Å². The van der Waals surface area contributed by atoms with Crippen LogP contribution in [0.2, 0.25) is 0 Å². The maximum absolute atomic E-state index is 12.3. The number of amidine groups is 1. The minimum absolute atomic E-state index is 0.0330. The summed E-state index contributed by atoms with van der Waals surface area (Å²) in [6.45, 7) is 1.76. The SMILES string of the molecule is CCC(=O)Nc1ccc(C(=O)NC2=NN(c3ccccc3)C(=O)C2)cc1. The molecule has 0 aliphatic carbocycles. The molecule has 0 saturated carbocycles. The second kappa shape index (κ2) is 7.60. The predicted octanol–water partition coefficient (Wildman–Crippen LogP) is 2.52. The summed E-state index contributed by atoms with van der Waals surface area (Å²) in [5.41, 5.74) is 1.68. The highest BCUT2D eigenvalue weighted by molar-refractivity contribution is 6.17. The van der Waals surface area contributed by atoms with Crippen LogP contribution in [0.3, 0.4) is 0 Å². The summed E-state index contributed by atoms with van der Waals surface area (Å²) in [6.07, 6.45) is 0.416. The van der Waals surface area contributed by atoms with E-state index in [4.69, 9.17) is 0 Å². The first kappa shape index (κ1) is 17.3. The van der Waals surface area contributed by atoms with E-state index in [1.165, 1.54) is 5.01 Å². The zero-order valence-corrected chi connectivity index (χ0v) is 14.2. The number of carbonyl (C=O) groups is 3. The molecule has 0 saturated heterocycles. The number of anilines is 2. The summed E-state index contributed by atoms with van der Waals surface area (Å²) >= 11 is 0. The van der Waals surface area contributed by atoms with Crippen LogP contribution in [0.15, 0.2) is 59.7 Å². The van der Waals surface area contributed by atoms with Gasteiger partial charge in [0.2, 0.25) is 5.91 Å². The van der Waals surface area contributed by atoms with Gasteiger partial charge in [0.05, 0.1) is 12.1 Å².